The molecule has 0 radical (unpaired) electrons. The average Bonchev–Trinajstić information content (AvgIpc) is 2.55. The van der Waals surface area contributed by atoms with Crippen LogP contribution in [-0.2, 0) is 0 Å². The van der Waals surface area contributed by atoms with Crippen LogP contribution in [0.25, 0.3) is 22.3 Å². The third kappa shape index (κ3) is 3.10. The zero-order valence-corrected chi connectivity index (χ0v) is 13.2. The molecule has 5 heteroatoms. The first kappa shape index (κ1) is 15.2. The van der Waals surface area contributed by atoms with Gasteiger partial charge in [-0.15, -0.1) is 0 Å². The molecule has 4 N–H and O–H groups in total. The smallest absolute Gasteiger partial charge is 0.165 e. The second-order valence-corrected chi connectivity index (χ2v) is 6.14. The van der Waals surface area contributed by atoms with Gasteiger partial charge in [0.15, 0.2) is 5.82 Å². The van der Waals surface area contributed by atoms with Crippen molar-refractivity contribution in [1.82, 2.24) is 9.97 Å². The maximum Gasteiger partial charge on any atom is 0.165 e. The number of aromatic nitrogens is 2. The summed E-state index contributed by atoms with van der Waals surface area (Å²) in [7, 11) is 0. The lowest BCUT2D eigenvalue weighted by Crippen LogP contribution is -2.39. The summed E-state index contributed by atoms with van der Waals surface area (Å²) in [6.45, 7) is 4.50. The number of nitrogens with one attached hydrogen (secondary N) is 1. The lowest BCUT2D eigenvalue weighted by molar-refractivity contribution is 0.477. The van der Waals surface area contributed by atoms with E-state index in [1.165, 1.54) is 0 Å². The predicted octanol–water partition coefficient (Wildman–Crippen LogP) is 3.15. The van der Waals surface area contributed by atoms with E-state index >= 15 is 0 Å². The summed E-state index contributed by atoms with van der Waals surface area (Å²) in [5.41, 5.74) is 6.95. The molecule has 1 heterocycles. The molecule has 1 aromatic heterocycles. The number of nitrogens with two attached hydrogens (primary N) is 1. The van der Waals surface area contributed by atoms with Crippen molar-refractivity contribution in [3.63, 3.8) is 0 Å². The Morgan fingerprint density at radius 3 is 2.48 bits per heavy atom. The fraction of sp³-hybridized carbons (Fsp3) is 0.222. The van der Waals surface area contributed by atoms with Gasteiger partial charge in [0.05, 0.1) is 11.1 Å². The van der Waals surface area contributed by atoms with Gasteiger partial charge in [0.1, 0.15) is 11.6 Å². The third-order valence-electron chi connectivity index (χ3n) is 3.72. The van der Waals surface area contributed by atoms with Crippen molar-refractivity contribution in [1.29, 1.82) is 0 Å². The summed E-state index contributed by atoms with van der Waals surface area (Å²) in [5.74, 6) is 1.35. The van der Waals surface area contributed by atoms with E-state index in [9.17, 15) is 5.11 Å². The second-order valence-electron chi connectivity index (χ2n) is 6.14. The monoisotopic (exact) mass is 308 g/mol. The fourth-order valence-corrected chi connectivity index (χ4v) is 2.33. The molecule has 5 nitrogen and oxygen atoms in total. The van der Waals surface area contributed by atoms with Crippen LogP contribution in [0.4, 0.5) is 5.82 Å². The van der Waals surface area contributed by atoms with Gasteiger partial charge in [0.25, 0.3) is 0 Å². The van der Waals surface area contributed by atoms with E-state index in [4.69, 9.17) is 5.73 Å². The van der Waals surface area contributed by atoms with Crippen LogP contribution < -0.4 is 11.1 Å². The van der Waals surface area contributed by atoms with Crippen LogP contribution in [0.1, 0.15) is 13.8 Å². The number of phenolic OH excluding ortho intramolecular Hbond substituents is 1. The number of benzene rings is 2. The molecular formula is C18H20N4O. The Kier molecular flexibility index (Phi) is 3.88. The highest BCUT2D eigenvalue weighted by atomic mass is 16.3. The van der Waals surface area contributed by atoms with Gasteiger partial charge >= 0.3 is 0 Å². The highest BCUT2D eigenvalue weighted by Crippen LogP contribution is 2.30. The number of nitrogens with zero attached hydrogens (tertiary/aromatic N) is 2. The van der Waals surface area contributed by atoms with Crippen LogP contribution in [0.3, 0.4) is 0 Å². The van der Waals surface area contributed by atoms with Crippen molar-refractivity contribution in [3.05, 3.63) is 48.5 Å². The lowest BCUT2D eigenvalue weighted by atomic mass is 10.1. The number of anilines is 1. The Morgan fingerprint density at radius 2 is 1.74 bits per heavy atom. The minimum absolute atomic E-state index is 0.159. The zero-order valence-electron chi connectivity index (χ0n) is 13.2. The van der Waals surface area contributed by atoms with Crippen LogP contribution in [0.2, 0.25) is 0 Å². The van der Waals surface area contributed by atoms with Crippen molar-refractivity contribution in [2.24, 2.45) is 5.73 Å². The van der Waals surface area contributed by atoms with Crippen LogP contribution in [-0.4, -0.2) is 27.2 Å². The molecular weight excluding hydrogens is 288 g/mol. The van der Waals surface area contributed by atoms with Crippen molar-refractivity contribution in [2.45, 2.75) is 19.4 Å². The van der Waals surface area contributed by atoms with Crippen molar-refractivity contribution in [3.8, 4) is 17.1 Å². The second kappa shape index (κ2) is 5.85. The number of hydrogen-bond acceptors (Lipinski definition) is 5. The minimum atomic E-state index is -0.298. The van der Waals surface area contributed by atoms with E-state index in [1.807, 2.05) is 44.2 Å². The van der Waals surface area contributed by atoms with E-state index in [0.29, 0.717) is 23.8 Å². The summed E-state index contributed by atoms with van der Waals surface area (Å²) < 4.78 is 0. The molecule has 0 unspecified atom stereocenters. The van der Waals surface area contributed by atoms with E-state index in [2.05, 4.69) is 15.3 Å². The number of hydrogen-bond donors (Lipinski definition) is 3. The summed E-state index contributed by atoms with van der Waals surface area (Å²) in [6.07, 6.45) is 0. The first-order valence-electron chi connectivity index (χ1n) is 7.53. The van der Waals surface area contributed by atoms with Crippen molar-refractivity contribution >= 4 is 16.7 Å². The zero-order chi connectivity index (χ0) is 16.4. The van der Waals surface area contributed by atoms with Crippen molar-refractivity contribution < 1.29 is 5.11 Å². The third-order valence-corrected chi connectivity index (χ3v) is 3.72. The van der Waals surface area contributed by atoms with Crippen LogP contribution in [0, 0.1) is 0 Å². The molecule has 0 saturated carbocycles. The Labute approximate surface area is 135 Å². The number of phenols is 1. The van der Waals surface area contributed by atoms with E-state index in [1.54, 1.807) is 18.2 Å². The maximum atomic E-state index is 10.1. The Balaban J connectivity index is 2.20. The Hall–Kier alpha value is -2.66. The van der Waals surface area contributed by atoms with Gasteiger partial charge in [-0.1, -0.05) is 24.3 Å². The molecule has 3 aromatic rings. The molecule has 0 aliphatic heterocycles. The topological polar surface area (TPSA) is 84.1 Å². The van der Waals surface area contributed by atoms with Crippen LogP contribution in [0.15, 0.2) is 48.5 Å². The summed E-state index contributed by atoms with van der Waals surface area (Å²) in [6, 6.07) is 14.8. The van der Waals surface area contributed by atoms with Crippen molar-refractivity contribution in [2.75, 3.05) is 11.9 Å². The number of fused-ring (bicyclic) bond motifs is 1. The molecule has 2 aromatic carbocycles. The van der Waals surface area contributed by atoms with Gasteiger partial charge in [-0.25, -0.2) is 9.97 Å². The largest absolute Gasteiger partial charge is 0.507 e. The SMILES string of the molecule is CC(C)(CN)Nc1nc(-c2ccccc2O)nc2ccccc12. The van der Waals surface area contributed by atoms with Gasteiger partial charge < -0.3 is 16.2 Å². The normalized spacial score (nSPS) is 11.6. The van der Waals surface area contributed by atoms with E-state index in [0.717, 1.165) is 10.9 Å². The number of aromatic hydroxyl groups is 1. The highest BCUT2D eigenvalue weighted by Gasteiger charge is 2.19. The van der Waals surface area contributed by atoms with E-state index < -0.39 is 0 Å². The molecule has 0 saturated heterocycles. The van der Waals surface area contributed by atoms with Crippen LogP contribution >= 0.6 is 0 Å². The molecule has 3 rings (SSSR count). The first-order valence-corrected chi connectivity index (χ1v) is 7.53. The molecule has 23 heavy (non-hydrogen) atoms. The van der Waals surface area contributed by atoms with E-state index in [-0.39, 0.29) is 11.3 Å². The van der Waals surface area contributed by atoms with Gasteiger partial charge in [-0.3, -0.25) is 0 Å². The maximum absolute atomic E-state index is 10.1. The minimum Gasteiger partial charge on any atom is -0.507 e. The number of para-hydroxylation sites is 2. The molecule has 0 spiro atoms. The molecule has 118 valence electrons. The van der Waals surface area contributed by atoms with Gasteiger partial charge in [0, 0.05) is 17.5 Å². The Bertz CT molecular complexity index is 845. The van der Waals surface area contributed by atoms with Gasteiger partial charge in [0.2, 0.25) is 0 Å². The number of rotatable bonds is 4. The van der Waals surface area contributed by atoms with Crippen LogP contribution in [0.5, 0.6) is 5.75 Å². The van der Waals surface area contributed by atoms with Gasteiger partial charge in [-0.05, 0) is 38.1 Å². The first-order chi connectivity index (χ1) is 11.0. The molecule has 0 aliphatic carbocycles. The standard InChI is InChI=1S/C18H20N4O/c1-18(2,11-19)22-17-12-7-3-5-9-14(12)20-16(21-17)13-8-4-6-10-15(13)23/h3-10,23H,11,19H2,1-2H3,(H,20,21,22). The predicted molar refractivity (Wildman–Crippen MR) is 93.4 cm³/mol. The summed E-state index contributed by atoms with van der Waals surface area (Å²) >= 11 is 0. The quantitative estimate of drug-likeness (QED) is 0.689. The molecule has 0 fully saturated rings. The molecule has 0 aliphatic rings. The summed E-state index contributed by atoms with van der Waals surface area (Å²) in [4.78, 5) is 9.21. The molecule has 0 atom stereocenters. The Morgan fingerprint density at radius 1 is 1.04 bits per heavy atom. The van der Waals surface area contributed by atoms with Gasteiger partial charge in [-0.2, -0.15) is 0 Å². The highest BCUT2D eigenvalue weighted by molar-refractivity contribution is 5.91. The average molecular weight is 308 g/mol. The fourth-order valence-electron chi connectivity index (χ4n) is 2.33. The lowest BCUT2D eigenvalue weighted by Gasteiger charge is -2.26. The molecule has 0 amide bonds. The summed E-state index contributed by atoms with van der Waals surface area (Å²) in [5, 5.41) is 14.4. The molecule has 0 bridgehead atoms.